The van der Waals surface area contributed by atoms with Gasteiger partial charge in [0, 0.05) is 13.0 Å². The van der Waals surface area contributed by atoms with Crippen molar-refractivity contribution in [2.24, 2.45) is 0 Å². The number of carbonyl (C=O) groups is 1. The lowest BCUT2D eigenvalue weighted by Gasteiger charge is -2.00. The highest BCUT2D eigenvalue weighted by atomic mass is 16.4. The Hall–Kier alpha value is -0.830. The predicted molar refractivity (Wildman–Crippen MR) is 88.5 cm³/mol. The highest BCUT2D eigenvalue weighted by Gasteiger charge is 1.96. The summed E-state index contributed by atoms with van der Waals surface area (Å²) in [6.07, 6.45) is 20.0. The number of hydrogen-bond donors (Lipinski definition) is 2. The Kier molecular flexibility index (Phi) is 16.5. The molecule has 0 aliphatic heterocycles. The van der Waals surface area contributed by atoms with E-state index in [1.54, 1.807) is 0 Å². The molecule has 0 aromatic rings. The van der Waals surface area contributed by atoms with Crippen LogP contribution in [-0.4, -0.2) is 22.8 Å². The summed E-state index contributed by atoms with van der Waals surface area (Å²) in [7, 11) is 0. The van der Waals surface area contributed by atoms with Crippen molar-refractivity contribution >= 4 is 5.97 Å². The van der Waals surface area contributed by atoms with Gasteiger partial charge in [-0.25, -0.2) is 0 Å². The highest BCUT2D eigenvalue weighted by molar-refractivity contribution is 5.66. The van der Waals surface area contributed by atoms with Crippen LogP contribution in [0.25, 0.3) is 0 Å². The molecular weight excluding hydrogens is 264 g/mol. The van der Waals surface area contributed by atoms with Crippen LogP contribution in [0.4, 0.5) is 0 Å². The quantitative estimate of drug-likeness (QED) is 0.308. The molecule has 0 aliphatic carbocycles. The number of aliphatic carboxylic acids is 1. The van der Waals surface area contributed by atoms with Gasteiger partial charge in [0.1, 0.15) is 0 Å². The lowest BCUT2D eigenvalue weighted by Crippen LogP contribution is -1.93. The molecule has 124 valence electrons. The van der Waals surface area contributed by atoms with Gasteiger partial charge in [0.15, 0.2) is 0 Å². The molecule has 0 aromatic carbocycles. The zero-order valence-corrected chi connectivity index (χ0v) is 13.6. The summed E-state index contributed by atoms with van der Waals surface area (Å²) in [5.74, 6) is -0.670. The number of hydrogen-bond acceptors (Lipinski definition) is 2. The lowest BCUT2D eigenvalue weighted by atomic mass is 10.1. The van der Waals surface area contributed by atoms with Crippen molar-refractivity contribution < 1.29 is 15.0 Å². The zero-order valence-electron chi connectivity index (χ0n) is 13.6. The first-order valence-electron chi connectivity index (χ1n) is 8.75. The fourth-order valence-corrected chi connectivity index (χ4v) is 2.39. The fourth-order valence-electron chi connectivity index (χ4n) is 2.39. The van der Waals surface area contributed by atoms with E-state index >= 15 is 0 Å². The van der Waals surface area contributed by atoms with E-state index in [-0.39, 0.29) is 0 Å². The molecule has 21 heavy (non-hydrogen) atoms. The standard InChI is InChI=1S/C18H34O3/c19-17-15-13-11-9-7-5-3-1-2-4-6-8-10-12-14-16-18(20)21/h5,7,19H,1-4,6,8-17H2,(H,20,21). The molecule has 2 N–H and O–H groups in total. The van der Waals surface area contributed by atoms with Gasteiger partial charge < -0.3 is 10.2 Å². The number of aliphatic hydroxyl groups excluding tert-OH is 1. The largest absolute Gasteiger partial charge is 0.481 e. The van der Waals surface area contributed by atoms with Gasteiger partial charge >= 0.3 is 5.97 Å². The lowest BCUT2D eigenvalue weighted by molar-refractivity contribution is -0.137. The van der Waals surface area contributed by atoms with Crippen LogP contribution in [0.1, 0.15) is 89.9 Å². The minimum absolute atomic E-state index is 0.323. The van der Waals surface area contributed by atoms with E-state index in [9.17, 15) is 4.79 Å². The van der Waals surface area contributed by atoms with E-state index in [0.717, 1.165) is 32.1 Å². The third-order valence-electron chi connectivity index (χ3n) is 3.71. The number of carboxylic acids is 1. The fraction of sp³-hybridized carbons (Fsp3) is 0.833. The van der Waals surface area contributed by atoms with Crippen LogP contribution >= 0.6 is 0 Å². The van der Waals surface area contributed by atoms with Crippen molar-refractivity contribution in [3.05, 3.63) is 12.2 Å². The maximum Gasteiger partial charge on any atom is 0.303 e. The number of allylic oxidation sites excluding steroid dienone is 2. The summed E-state index contributed by atoms with van der Waals surface area (Å²) in [4.78, 5) is 10.3. The normalized spacial score (nSPS) is 11.3. The Morgan fingerprint density at radius 1 is 0.667 bits per heavy atom. The number of rotatable bonds is 16. The number of carboxylic acid groups (broad SMARTS) is 1. The molecule has 0 atom stereocenters. The first-order valence-corrected chi connectivity index (χ1v) is 8.75. The van der Waals surface area contributed by atoms with E-state index in [0.29, 0.717) is 13.0 Å². The van der Waals surface area contributed by atoms with Gasteiger partial charge in [-0.2, -0.15) is 0 Å². The Morgan fingerprint density at radius 2 is 1.10 bits per heavy atom. The molecular formula is C18H34O3. The summed E-state index contributed by atoms with van der Waals surface area (Å²) in [5, 5.41) is 17.2. The zero-order chi connectivity index (χ0) is 15.6. The van der Waals surface area contributed by atoms with Gasteiger partial charge in [-0.05, 0) is 38.5 Å². The molecule has 3 heteroatoms. The van der Waals surface area contributed by atoms with Gasteiger partial charge in [0.25, 0.3) is 0 Å². The average molecular weight is 298 g/mol. The summed E-state index contributed by atoms with van der Waals surface area (Å²) in [6.45, 7) is 0.323. The van der Waals surface area contributed by atoms with Gasteiger partial charge in [0.2, 0.25) is 0 Å². The van der Waals surface area contributed by atoms with Crippen LogP contribution < -0.4 is 0 Å². The molecule has 0 aromatic heterocycles. The van der Waals surface area contributed by atoms with Crippen molar-refractivity contribution in [2.75, 3.05) is 6.61 Å². The van der Waals surface area contributed by atoms with E-state index in [4.69, 9.17) is 10.2 Å². The molecule has 0 fully saturated rings. The monoisotopic (exact) mass is 298 g/mol. The van der Waals surface area contributed by atoms with Crippen LogP contribution in [0.5, 0.6) is 0 Å². The molecule has 0 heterocycles. The van der Waals surface area contributed by atoms with E-state index in [2.05, 4.69) is 12.2 Å². The third-order valence-corrected chi connectivity index (χ3v) is 3.71. The second-order valence-electron chi connectivity index (χ2n) is 5.81. The summed E-state index contributed by atoms with van der Waals surface area (Å²) < 4.78 is 0. The third kappa shape index (κ3) is 19.2. The maximum atomic E-state index is 10.3. The van der Waals surface area contributed by atoms with E-state index < -0.39 is 5.97 Å². The first-order chi connectivity index (χ1) is 10.3. The molecule has 0 unspecified atom stereocenters. The Labute approximate surface area is 130 Å². The van der Waals surface area contributed by atoms with Crippen molar-refractivity contribution in [1.29, 1.82) is 0 Å². The Morgan fingerprint density at radius 3 is 1.57 bits per heavy atom. The molecule has 0 amide bonds. The van der Waals surface area contributed by atoms with Crippen molar-refractivity contribution in [3.63, 3.8) is 0 Å². The molecule has 3 nitrogen and oxygen atoms in total. The number of unbranched alkanes of at least 4 members (excludes halogenated alkanes) is 11. The summed E-state index contributed by atoms with van der Waals surface area (Å²) >= 11 is 0. The topological polar surface area (TPSA) is 57.5 Å². The number of aliphatic hydroxyl groups is 1. The van der Waals surface area contributed by atoms with Crippen molar-refractivity contribution in [1.82, 2.24) is 0 Å². The summed E-state index contributed by atoms with van der Waals surface area (Å²) in [6, 6.07) is 0. The van der Waals surface area contributed by atoms with Crippen molar-refractivity contribution in [3.8, 4) is 0 Å². The van der Waals surface area contributed by atoms with Gasteiger partial charge in [-0.15, -0.1) is 0 Å². The molecule has 0 bridgehead atoms. The van der Waals surface area contributed by atoms with Gasteiger partial charge in [0.05, 0.1) is 0 Å². The van der Waals surface area contributed by atoms with Crippen LogP contribution in [0.3, 0.4) is 0 Å². The van der Waals surface area contributed by atoms with E-state index in [1.165, 1.54) is 51.4 Å². The summed E-state index contributed by atoms with van der Waals surface area (Å²) in [5.41, 5.74) is 0. The maximum absolute atomic E-state index is 10.3. The first kappa shape index (κ1) is 20.2. The second-order valence-corrected chi connectivity index (χ2v) is 5.81. The smallest absolute Gasteiger partial charge is 0.303 e. The molecule has 0 aliphatic rings. The van der Waals surface area contributed by atoms with Crippen LogP contribution in [-0.2, 0) is 4.79 Å². The minimum atomic E-state index is -0.670. The molecule has 0 radical (unpaired) electrons. The average Bonchev–Trinajstić information content (AvgIpc) is 2.46. The van der Waals surface area contributed by atoms with Crippen LogP contribution in [0.2, 0.25) is 0 Å². The predicted octanol–water partition coefficient (Wildman–Crippen LogP) is 5.08. The highest BCUT2D eigenvalue weighted by Crippen LogP contribution is 2.11. The van der Waals surface area contributed by atoms with Gasteiger partial charge in [-0.3, -0.25) is 4.79 Å². The van der Waals surface area contributed by atoms with Gasteiger partial charge in [-0.1, -0.05) is 57.1 Å². The van der Waals surface area contributed by atoms with Crippen molar-refractivity contribution in [2.45, 2.75) is 89.9 Å². The van der Waals surface area contributed by atoms with E-state index in [1.807, 2.05) is 0 Å². The van der Waals surface area contributed by atoms with Crippen LogP contribution in [0, 0.1) is 0 Å². The SMILES string of the molecule is O=C(O)CCCCCCCCCCC=CCCCCCO. The minimum Gasteiger partial charge on any atom is -0.481 e. The molecule has 0 saturated heterocycles. The Bertz CT molecular complexity index is 249. The molecule has 0 spiro atoms. The van der Waals surface area contributed by atoms with Crippen LogP contribution in [0.15, 0.2) is 12.2 Å². The molecule has 0 rings (SSSR count). The molecule has 0 saturated carbocycles. The second kappa shape index (κ2) is 17.2. The Balaban J connectivity index is 3.05.